The first-order valence-corrected chi connectivity index (χ1v) is 10.8. The fourth-order valence-electron chi connectivity index (χ4n) is 3.37. The van der Waals surface area contributed by atoms with E-state index in [2.05, 4.69) is 22.8 Å². The van der Waals surface area contributed by atoms with E-state index >= 15 is 0 Å². The maximum absolute atomic E-state index is 12.5. The highest BCUT2D eigenvalue weighted by atomic mass is 32.2. The third kappa shape index (κ3) is 4.30. The van der Waals surface area contributed by atoms with Crippen molar-refractivity contribution in [1.82, 2.24) is 15.1 Å². The Labute approximate surface area is 157 Å². The molecule has 3 amide bonds. The molecule has 0 spiro atoms. The van der Waals surface area contributed by atoms with Crippen molar-refractivity contribution in [2.75, 3.05) is 45.8 Å². The summed E-state index contributed by atoms with van der Waals surface area (Å²) in [5, 5.41) is 5.14. The van der Waals surface area contributed by atoms with Gasteiger partial charge in [-0.25, -0.2) is 4.79 Å². The first kappa shape index (κ1) is 18.5. The topological polar surface area (TPSA) is 57.1 Å². The van der Waals surface area contributed by atoms with Crippen LogP contribution in [0, 0.1) is 0 Å². The van der Waals surface area contributed by atoms with Gasteiger partial charge in [0.15, 0.2) is 0 Å². The van der Waals surface area contributed by atoms with E-state index in [1.807, 2.05) is 23.6 Å². The van der Waals surface area contributed by atoms with E-state index in [9.17, 15) is 9.59 Å². The molecule has 0 aliphatic carbocycles. The van der Waals surface area contributed by atoms with Gasteiger partial charge < -0.3 is 20.0 Å². The largest absolute Gasteiger partial charge is 0.338 e. The quantitative estimate of drug-likeness (QED) is 0.785. The molecule has 3 heterocycles. The number of amides is 3. The van der Waals surface area contributed by atoms with E-state index in [1.54, 1.807) is 23.1 Å². The van der Waals surface area contributed by atoms with Gasteiger partial charge in [-0.2, -0.15) is 0 Å². The molecule has 25 heavy (non-hydrogen) atoms. The second kappa shape index (κ2) is 8.42. The van der Waals surface area contributed by atoms with Crippen molar-refractivity contribution in [2.45, 2.75) is 24.5 Å². The zero-order valence-electron chi connectivity index (χ0n) is 14.9. The van der Waals surface area contributed by atoms with Crippen LogP contribution in [-0.4, -0.2) is 72.8 Å². The average Bonchev–Trinajstić information content (AvgIpc) is 3.23. The molecular weight excluding hydrogens is 356 g/mol. The van der Waals surface area contributed by atoms with Gasteiger partial charge in [0.2, 0.25) is 5.91 Å². The molecule has 0 saturated carbocycles. The molecule has 1 aromatic heterocycles. The van der Waals surface area contributed by atoms with E-state index in [0.717, 1.165) is 39.3 Å². The van der Waals surface area contributed by atoms with Gasteiger partial charge in [0.25, 0.3) is 0 Å². The number of hydrogen-bond donors (Lipinski definition) is 2. The van der Waals surface area contributed by atoms with Crippen molar-refractivity contribution in [3.8, 4) is 0 Å². The molecule has 2 N–H and O–H groups in total. The highest BCUT2D eigenvalue weighted by Gasteiger charge is 2.39. The second-order valence-corrected chi connectivity index (χ2v) is 8.91. The Hall–Kier alpha value is -1.25. The molecule has 1 aromatic rings. The molecule has 2 atom stereocenters. The molecule has 6 nitrogen and oxygen atoms in total. The zero-order chi connectivity index (χ0) is 17.8. The summed E-state index contributed by atoms with van der Waals surface area (Å²) >= 11 is 3.48. The third-order valence-electron chi connectivity index (χ3n) is 4.83. The van der Waals surface area contributed by atoms with Crippen LogP contribution in [0.5, 0.6) is 0 Å². The molecule has 0 bridgehead atoms. The molecule has 2 fully saturated rings. The van der Waals surface area contributed by atoms with Crippen LogP contribution in [0.2, 0.25) is 0 Å². The Morgan fingerprint density at radius 1 is 1.40 bits per heavy atom. The van der Waals surface area contributed by atoms with Gasteiger partial charge >= 0.3 is 6.03 Å². The summed E-state index contributed by atoms with van der Waals surface area (Å²) in [4.78, 5) is 31.1. The van der Waals surface area contributed by atoms with Crippen molar-refractivity contribution < 1.29 is 14.5 Å². The number of thioether (sulfide) groups is 1. The van der Waals surface area contributed by atoms with Crippen LogP contribution in [0.4, 0.5) is 4.79 Å². The number of nitrogens with zero attached hydrogens (tertiary/aromatic N) is 2. The molecule has 2 saturated heterocycles. The van der Waals surface area contributed by atoms with Crippen LogP contribution >= 0.6 is 23.1 Å². The molecule has 3 rings (SSSR count). The summed E-state index contributed by atoms with van der Waals surface area (Å²) < 4.78 is 0. The minimum atomic E-state index is 0.0386. The summed E-state index contributed by atoms with van der Waals surface area (Å²) in [5.41, 5.74) is 0. The summed E-state index contributed by atoms with van der Waals surface area (Å²) in [7, 11) is 0. The fraction of sp³-hybridized carbons (Fsp3) is 0.647. The first-order valence-electron chi connectivity index (χ1n) is 8.95. The zero-order valence-corrected chi connectivity index (χ0v) is 16.5. The molecule has 2 aliphatic rings. The maximum atomic E-state index is 12.5. The predicted molar refractivity (Wildman–Crippen MR) is 102 cm³/mol. The van der Waals surface area contributed by atoms with Gasteiger partial charge in [0, 0.05) is 11.4 Å². The lowest BCUT2D eigenvalue weighted by Gasteiger charge is -2.33. The van der Waals surface area contributed by atoms with Crippen molar-refractivity contribution >= 4 is 35.0 Å². The molecule has 0 aromatic carbocycles. The third-order valence-corrected chi connectivity index (χ3v) is 7.28. The van der Waals surface area contributed by atoms with E-state index < -0.39 is 0 Å². The lowest BCUT2D eigenvalue weighted by Crippen LogP contribution is -3.15. The Kier molecular flexibility index (Phi) is 6.24. The number of thiophene rings is 1. The van der Waals surface area contributed by atoms with Gasteiger partial charge in [0.1, 0.15) is 5.37 Å². The second-order valence-electron chi connectivity index (χ2n) is 6.50. The molecular formula is C17H27N4O2S2+. The minimum absolute atomic E-state index is 0.0386. The van der Waals surface area contributed by atoms with E-state index in [1.165, 1.54) is 9.78 Å². The van der Waals surface area contributed by atoms with Crippen LogP contribution < -0.4 is 10.2 Å². The number of carbonyl (C=O) groups excluding carboxylic acids is 2. The number of hydrogen-bond acceptors (Lipinski definition) is 4. The fourth-order valence-corrected chi connectivity index (χ4v) is 5.63. The number of urea groups is 1. The highest BCUT2D eigenvalue weighted by Crippen LogP contribution is 2.43. The maximum Gasteiger partial charge on any atom is 0.317 e. The monoisotopic (exact) mass is 383 g/mol. The Morgan fingerprint density at radius 3 is 2.80 bits per heavy atom. The smallest absolute Gasteiger partial charge is 0.317 e. The SMILES string of the molecule is CCNC(=O)N1CC[NH+](CCN2C(=O)[C@@H](C)S[C@@H]2c2cccs2)CC1. The Bertz CT molecular complexity index is 587. The van der Waals surface area contributed by atoms with E-state index in [0.29, 0.717) is 6.54 Å². The Balaban J connectivity index is 1.51. The number of nitrogens with one attached hydrogen (secondary N) is 2. The van der Waals surface area contributed by atoms with E-state index in [-0.39, 0.29) is 22.6 Å². The summed E-state index contributed by atoms with van der Waals surface area (Å²) in [6.07, 6.45) is 0. The number of quaternary nitrogens is 1. The van der Waals surface area contributed by atoms with Crippen LogP contribution in [0.25, 0.3) is 0 Å². The van der Waals surface area contributed by atoms with Crippen LogP contribution in [0.3, 0.4) is 0 Å². The molecule has 0 radical (unpaired) electrons. The van der Waals surface area contributed by atoms with Crippen molar-refractivity contribution in [1.29, 1.82) is 0 Å². The van der Waals surface area contributed by atoms with Crippen molar-refractivity contribution in [3.05, 3.63) is 22.4 Å². The lowest BCUT2D eigenvalue weighted by molar-refractivity contribution is -0.903. The number of carbonyl (C=O) groups is 2. The molecule has 8 heteroatoms. The van der Waals surface area contributed by atoms with Crippen molar-refractivity contribution in [2.24, 2.45) is 0 Å². The highest BCUT2D eigenvalue weighted by molar-refractivity contribution is 8.01. The van der Waals surface area contributed by atoms with Gasteiger partial charge in [-0.1, -0.05) is 6.07 Å². The van der Waals surface area contributed by atoms with Gasteiger partial charge in [-0.15, -0.1) is 23.1 Å². The van der Waals surface area contributed by atoms with Crippen LogP contribution in [0.1, 0.15) is 24.1 Å². The molecule has 2 aliphatic heterocycles. The molecule has 138 valence electrons. The standard InChI is InChI=1S/C17H26N4O2S2/c1-3-18-17(23)20-9-6-19(7-10-20)8-11-21-15(22)13(2)25-16(21)14-5-4-12-24-14/h4-5,12-13,16H,3,6-11H2,1-2H3,(H,18,23)/p+1/t13-,16-/m1/s1. The van der Waals surface area contributed by atoms with Gasteiger partial charge in [0.05, 0.1) is 44.5 Å². The first-order chi connectivity index (χ1) is 12.1. The van der Waals surface area contributed by atoms with Gasteiger partial charge in [-0.05, 0) is 25.3 Å². The van der Waals surface area contributed by atoms with Crippen LogP contribution in [-0.2, 0) is 4.79 Å². The summed E-state index contributed by atoms with van der Waals surface area (Å²) in [6.45, 7) is 9.82. The summed E-state index contributed by atoms with van der Waals surface area (Å²) in [5.74, 6) is 0.253. The van der Waals surface area contributed by atoms with Crippen LogP contribution in [0.15, 0.2) is 17.5 Å². The lowest BCUT2D eigenvalue weighted by atomic mass is 10.3. The predicted octanol–water partition coefficient (Wildman–Crippen LogP) is 0.641. The Morgan fingerprint density at radius 2 is 2.16 bits per heavy atom. The van der Waals surface area contributed by atoms with Gasteiger partial charge in [-0.3, -0.25) is 4.79 Å². The minimum Gasteiger partial charge on any atom is -0.338 e. The van der Waals surface area contributed by atoms with Crippen molar-refractivity contribution in [3.63, 3.8) is 0 Å². The normalized spacial score (nSPS) is 24.8. The number of rotatable bonds is 5. The van der Waals surface area contributed by atoms with E-state index in [4.69, 9.17) is 0 Å². The molecule has 0 unspecified atom stereocenters. The summed E-state index contributed by atoms with van der Waals surface area (Å²) in [6, 6.07) is 4.22. The number of piperazine rings is 1. The average molecular weight is 384 g/mol.